The Bertz CT molecular complexity index is 1170. The Kier molecular flexibility index (Phi) is 5.05. The van der Waals surface area contributed by atoms with Crippen LogP contribution in [0.15, 0.2) is 54.0 Å². The molecule has 3 N–H and O–H groups in total. The van der Waals surface area contributed by atoms with Crippen molar-refractivity contribution in [1.82, 2.24) is 25.2 Å². The molecule has 33 heavy (non-hydrogen) atoms. The van der Waals surface area contributed by atoms with Crippen molar-refractivity contribution in [2.75, 3.05) is 44.7 Å². The van der Waals surface area contributed by atoms with Crippen molar-refractivity contribution < 1.29 is 9.13 Å². The minimum atomic E-state index is -0.312. The first-order valence-corrected chi connectivity index (χ1v) is 12.0. The van der Waals surface area contributed by atoms with Crippen LogP contribution in [-0.2, 0) is 4.74 Å². The number of H-pyrrole nitrogens is 1. The average Bonchev–Trinajstić information content (AvgIpc) is 3.36. The molecule has 2 aromatic heterocycles. The van der Waals surface area contributed by atoms with E-state index in [-0.39, 0.29) is 17.5 Å². The summed E-state index contributed by atoms with van der Waals surface area (Å²) in [6, 6.07) is 0. The van der Waals surface area contributed by atoms with Gasteiger partial charge in [-0.2, -0.15) is 5.10 Å². The van der Waals surface area contributed by atoms with Crippen LogP contribution in [0.3, 0.4) is 0 Å². The smallest absolute Gasteiger partial charge is 0.161 e. The first-order valence-electron chi connectivity index (χ1n) is 12.0. The molecular formula is C25H31FN6O. The summed E-state index contributed by atoms with van der Waals surface area (Å²) in [7, 11) is 1.51. The lowest BCUT2D eigenvalue weighted by atomic mass is 9.71. The number of nitrogens with one attached hydrogen (secondary N) is 3. The van der Waals surface area contributed by atoms with Crippen LogP contribution < -0.4 is 15.5 Å². The molecular weight excluding hydrogens is 419 g/mol. The van der Waals surface area contributed by atoms with Crippen molar-refractivity contribution in [3.05, 3.63) is 59.5 Å². The van der Waals surface area contributed by atoms with Gasteiger partial charge in [0.2, 0.25) is 0 Å². The highest BCUT2D eigenvalue weighted by atomic mass is 19.1. The van der Waals surface area contributed by atoms with Crippen LogP contribution in [0, 0.1) is 11.3 Å². The van der Waals surface area contributed by atoms with Crippen molar-refractivity contribution in [3.63, 3.8) is 0 Å². The number of aromatic nitrogens is 3. The largest absolute Gasteiger partial charge is 0.494 e. The van der Waals surface area contributed by atoms with Gasteiger partial charge in [-0.05, 0) is 79.8 Å². The quantitative estimate of drug-likeness (QED) is 0.668. The Morgan fingerprint density at radius 2 is 2.00 bits per heavy atom. The van der Waals surface area contributed by atoms with E-state index in [1.807, 2.05) is 23.0 Å². The number of hydrogen-bond acceptors (Lipinski definition) is 5. The van der Waals surface area contributed by atoms with Gasteiger partial charge in [0.1, 0.15) is 11.5 Å². The van der Waals surface area contributed by atoms with Crippen LogP contribution in [0.2, 0.25) is 0 Å². The van der Waals surface area contributed by atoms with E-state index in [4.69, 9.17) is 4.74 Å². The van der Waals surface area contributed by atoms with E-state index in [0.717, 1.165) is 54.4 Å². The molecule has 174 valence electrons. The van der Waals surface area contributed by atoms with Gasteiger partial charge in [0.15, 0.2) is 11.6 Å². The highest BCUT2D eigenvalue weighted by molar-refractivity contribution is 5.86. The third-order valence-electron chi connectivity index (χ3n) is 7.91. The zero-order valence-electron chi connectivity index (χ0n) is 19.0. The molecule has 1 atom stereocenters. The zero-order valence-corrected chi connectivity index (χ0v) is 19.0. The van der Waals surface area contributed by atoms with Gasteiger partial charge in [0, 0.05) is 31.1 Å². The van der Waals surface area contributed by atoms with Crippen LogP contribution >= 0.6 is 0 Å². The SMILES string of the molecule is COC1=CC2=C(c3cnn4cc(N5CCC6(CCNCC6)CC5)[nH]c34)C=CNCC2C=C1F. The second-order valence-electron chi connectivity index (χ2n) is 9.67. The summed E-state index contributed by atoms with van der Waals surface area (Å²) in [6.45, 7) is 5.09. The highest BCUT2D eigenvalue weighted by Gasteiger charge is 2.36. The molecule has 2 aromatic rings. The molecule has 0 amide bonds. The predicted octanol–water partition coefficient (Wildman–Crippen LogP) is 3.52. The number of fused-ring (bicyclic) bond motifs is 2. The molecule has 2 saturated heterocycles. The summed E-state index contributed by atoms with van der Waals surface area (Å²) in [5.41, 5.74) is 4.55. The van der Waals surface area contributed by atoms with E-state index >= 15 is 0 Å². The van der Waals surface area contributed by atoms with Gasteiger partial charge in [-0.15, -0.1) is 0 Å². The van der Waals surface area contributed by atoms with E-state index in [1.165, 1.54) is 32.8 Å². The number of hydrogen-bond donors (Lipinski definition) is 3. The van der Waals surface area contributed by atoms with Crippen molar-refractivity contribution in [3.8, 4) is 0 Å². The fourth-order valence-electron chi connectivity index (χ4n) is 5.84. The van der Waals surface area contributed by atoms with Crippen LogP contribution in [0.5, 0.6) is 0 Å². The van der Waals surface area contributed by atoms with Gasteiger partial charge in [-0.25, -0.2) is 8.91 Å². The van der Waals surface area contributed by atoms with Gasteiger partial charge in [0.05, 0.1) is 19.5 Å². The Hall–Kier alpha value is -3.00. The van der Waals surface area contributed by atoms with E-state index in [2.05, 4.69) is 37.9 Å². The first kappa shape index (κ1) is 20.6. The monoisotopic (exact) mass is 450 g/mol. The Labute approximate surface area is 193 Å². The number of rotatable bonds is 3. The summed E-state index contributed by atoms with van der Waals surface area (Å²) < 4.78 is 21.6. The molecule has 0 radical (unpaired) electrons. The molecule has 3 aliphatic heterocycles. The predicted molar refractivity (Wildman–Crippen MR) is 127 cm³/mol. The number of methoxy groups -OCH3 is 1. The minimum absolute atomic E-state index is 0.0680. The molecule has 0 bridgehead atoms. The van der Waals surface area contributed by atoms with Crippen LogP contribution in [0.25, 0.3) is 11.2 Å². The Morgan fingerprint density at radius 3 is 2.79 bits per heavy atom. The molecule has 7 nitrogen and oxygen atoms in total. The van der Waals surface area contributed by atoms with Gasteiger partial charge < -0.3 is 25.3 Å². The number of halogens is 1. The normalized spacial score (nSPS) is 24.9. The maximum absolute atomic E-state index is 14.4. The Balaban J connectivity index is 1.32. The molecule has 8 heteroatoms. The van der Waals surface area contributed by atoms with Crippen molar-refractivity contribution in [2.24, 2.45) is 11.3 Å². The van der Waals surface area contributed by atoms with E-state index < -0.39 is 0 Å². The molecule has 1 spiro atoms. The number of allylic oxidation sites excluding steroid dienone is 4. The molecule has 0 saturated carbocycles. The summed E-state index contributed by atoms with van der Waals surface area (Å²) in [4.78, 5) is 6.09. The highest BCUT2D eigenvalue weighted by Crippen LogP contribution is 2.41. The number of ether oxygens (including phenoxy) is 1. The number of aromatic amines is 1. The molecule has 4 aliphatic rings. The standard InChI is InChI=1S/C25H31FN6O/c1-33-22-13-19-17(12-21(22)26)14-28-7-2-18(19)20-15-29-32-16-23(30-24(20)32)31-10-5-25(6-11-31)3-8-27-9-4-25/h2,7,12-13,15-17,27-28,30H,3-6,8-11,14H2,1H3. The van der Waals surface area contributed by atoms with E-state index in [0.29, 0.717) is 12.0 Å². The average molecular weight is 451 g/mol. The number of nitrogens with zero attached hydrogens (tertiary/aromatic N) is 3. The maximum Gasteiger partial charge on any atom is 0.161 e. The van der Waals surface area contributed by atoms with E-state index in [1.54, 1.807) is 6.08 Å². The van der Waals surface area contributed by atoms with Crippen molar-refractivity contribution in [2.45, 2.75) is 25.7 Å². The third kappa shape index (κ3) is 3.57. The molecule has 1 aliphatic carbocycles. The molecule has 5 heterocycles. The maximum atomic E-state index is 14.4. The molecule has 6 rings (SSSR count). The van der Waals surface area contributed by atoms with E-state index in [9.17, 15) is 4.39 Å². The molecule has 2 fully saturated rings. The second-order valence-corrected chi connectivity index (χ2v) is 9.67. The lowest BCUT2D eigenvalue weighted by Crippen LogP contribution is -2.45. The topological polar surface area (TPSA) is 69.6 Å². The van der Waals surface area contributed by atoms with Crippen LogP contribution in [-0.4, -0.2) is 54.4 Å². The lowest BCUT2D eigenvalue weighted by molar-refractivity contribution is 0.154. The van der Waals surface area contributed by atoms with Gasteiger partial charge in [-0.3, -0.25) is 0 Å². The van der Waals surface area contributed by atoms with Gasteiger partial charge in [-0.1, -0.05) is 0 Å². The summed E-state index contributed by atoms with van der Waals surface area (Å²) >= 11 is 0. The summed E-state index contributed by atoms with van der Waals surface area (Å²) in [5, 5.41) is 11.4. The third-order valence-corrected chi connectivity index (χ3v) is 7.91. The van der Waals surface area contributed by atoms with Crippen LogP contribution in [0.1, 0.15) is 31.2 Å². The number of piperidine rings is 2. The number of imidazole rings is 1. The zero-order chi connectivity index (χ0) is 22.4. The molecule has 0 aromatic carbocycles. The van der Waals surface area contributed by atoms with Crippen molar-refractivity contribution >= 4 is 17.0 Å². The fraction of sp³-hybridized carbons (Fsp3) is 0.480. The van der Waals surface area contributed by atoms with Crippen LogP contribution in [0.4, 0.5) is 10.2 Å². The van der Waals surface area contributed by atoms with Crippen molar-refractivity contribution in [1.29, 1.82) is 0 Å². The summed E-state index contributed by atoms with van der Waals surface area (Å²) in [5.74, 6) is 1.00. The lowest BCUT2D eigenvalue weighted by Gasteiger charge is -2.44. The first-order chi connectivity index (χ1) is 16.2. The summed E-state index contributed by atoms with van der Waals surface area (Å²) in [6.07, 6.45) is 16.5. The second kappa shape index (κ2) is 8.09. The van der Waals surface area contributed by atoms with Gasteiger partial charge >= 0.3 is 0 Å². The minimum Gasteiger partial charge on any atom is -0.494 e. The Morgan fingerprint density at radius 1 is 1.18 bits per heavy atom. The number of anilines is 1. The molecule has 1 unspecified atom stereocenters. The van der Waals surface area contributed by atoms with Gasteiger partial charge in [0.25, 0.3) is 0 Å². The fourth-order valence-corrected chi connectivity index (χ4v) is 5.84.